The molecule has 0 radical (unpaired) electrons. The average Bonchev–Trinajstić information content (AvgIpc) is 3.01. The van der Waals surface area contributed by atoms with Gasteiger partial charge in [0.25, 0.3) is 0 Å². The maximum atomic E-state index is 13.3. The summed E-state index contributed by atoms with van der Waals surface area (Å²) in [5, 5.41) is 9.88. The summed E-state index contributed by atoms with van der Waals surface area (Å²) in [5.74, 6) is 1.13. The molecule has 0 aliphatic rings. The van der Waals surface area contributed by atoms with Crippen LogP contribution < -0.4 is 0 Å². The van der Waals surface area contributed by atoms with Gasteiger partial charge in [0.15, 0.2) is 0 Å². The van der Waals surface area contributed by atoms with E-state index in [-0.39, 0.29) is 5.82 Å². The summed E-state index contributed by atoms with van der Waals surface area (Å²) < 4.78 is 18.7. The Morgan fingerprint density at radius 3 is 2.83 bits per heavy atom. The predicted molar refractivity (Wildman–Crippen MR) is 87.7 cm³/mol. The zero-order valence-electron chi connectivity index (χ0n) is 13.1. The van der Waals surface area contributed by atoms with E-state index < -0.39 is 0 Å². The Bertz CT molecular complexity index is 933. The molecule has 0 unspecified atom stereocenters. The molecule has 24 heavy (non-hydrogen) atoms. The van der Waals surface area contributed by atoms with Gasteiger partial charge >= 0.3 is 0 Å². The van der Waals surface area contributed by atoms with Crippen LogP contribution >= 0.6 is 11.8 Å². The number of aromatic nitrogens is 3. The van der Waals surface area contributed by atoms with Crippen LogP contribution in [-0.2, 0) is 5.75 Å². The number of thioether (sulfide) groups is 1. The highest BCUT2D eigenvalue weighted by molar-refractivity contribution is 7.98. The van der Waals surface area contributed by atoms with Crippen molar-refractivity contribution >= 4 is 11.8 Å². The standard InChI is InChI=1S/C17H13FN4OS/c1-10-15(7-19)17(21-11(2)20-10)24-9-14-8-23-16(22-14)12-4-3-5-13(18)6-12/h3-6,8H,9H2,1-2H3. The third kappa shape index (κ3) is 3.44. The molecule has 0 amide bonds. The summed E-state index contributed by atoms with van der Waals surface area (Å²) in [6, 6.07) is 8.21. The lowest BCUT2D eigenvalue weighted by molar-refractivity contribution is 0.571. The normalized spacial score (nSPS) is 10.6. The van der Waals surface area contributed by atoms with Crippen LogP contribution in [-0.4, -0.2) is 15.0 Å². The minimum Gasteiger partial charge on any atom is -0.444 e. The zero-order valence-corrected chi connectivity index (χ0v) is 13.9. The third-order valence-corrected chi connectivity index (χ3v) is 4.27. The smallest absolute Gasteiger partial charge is 0.226 e. The van der Waals surface area contributed by atoms with E-state index in [1.165, 1.54) is 30.2 Å². The van der Waals surface area contributed by atoms with Crippen molar-refractivity contribution in [3.63, 3.8) is 0 Å². The number of hydrogen-bond acceptors (Lipinski definition) is 6. The van der Waals surface area contributed by atoms with Crippen LogP contribution in [0.25, 0.3) is 11.5 Å². The number of rotatable bonds is 4. The number of benzene rings is 1. The van der Waals surface area contributed by atoms with Gasteiger partial charge in [0.1, 0.15) is 34.6 Å². The van der Waals surface area contributed by atoms with Crippen molar-refractivity contribution in [3.8, 4) is 17.5 Å². The molecule has 3 aromatic rings. The molecule has 5 nitrogen and oxygen atoms in total. The highest BCUT2D eigenvalue weighted by Crippen LogP contribution is 2.27. The molecular weight excluding hydrogens is 327 g/mol. The van der Waals surface area contributed by atoms with E-state index >= 15 is 0 Å². The summed E-state index contributed by atoms with van der Waals surface area (Å²) in [7, 11) is 0. The molecule has 1 aromatic carbocycles. The van der Waals surface area contributed by atoms with Crippen LogP contribution in [0.15, 0.2) is 40.0 Å². The zero-order chi connectivity index (χ0) is 17.1. The van der Waals surface area contributed by atoms with Crippen LogP contribution in [0.1, 0.15) is 22.8 Å². The topological polar surface area (TPSA) is 75.6 Å². The molecule has 0 N–H and O–H groups in total. The number of aryl methyl sites for hydroxylation is 2. The monoisotopic (exact) mass is 340 g/mol. The fourth-order valence-corrected chi connectivity index (χ4v) is 3.14. The lowest BCUT2D eigenvalue weighted by Gasteiger charge is -2.05. The lowest BCUT2D eigenvalue weighted by Crippen LogP contribution is -1.99. The molecule has 7 heteroatoms. The molecule has 2 aromatic heterocycles. The molecule has 120 valence electrons. The van der Waals surface area contributed by atoms with Gasteiger partial charge in [-0.05, 0) is 32.0 Å². The number of nitrogens with zero attached hydrogens (tertiary/aromatic N) is 4. The summed E-state index contributed by atoms with van der Waals surface area (Å²) in [5.41, 5.74) is 2.40. The van der Waals surface area contributed by atoms with Crippen LogP contribution in [0.5, 0.6) is 0 Å². The van der Waals surface area contributed by atoms with Gasteiger partial charge in [0.05, 0.1) is 11.4 Å². The number of oxazole rings is 1. The Morgan fingerprint density at radius 2 is 2.08 bits per heavy atom. The maximum absolute atomic E-state index is 13.3. The Morgan fingerprint density at radius 1 is 1.25 bits per heavy atom. The molecule has 0 saturated heterocycles. The van der Waals surface area contributed by atoms with Gasteiger partial charge in [-0.1, -0.05) is 17.8 Å². The van der Waals surface area contributed by atoms with Crippen LogP contribution in [0, 0.1) is 31.0 Å². The van der Waals surface area contributed by atoms with Crippen molar-refractivity contribution < 1.29 is 8.81 Å². The van der Waals surface area contributed by atoms with E-state index in [1.54, 1.807) is 26.0 Å². The highest BCUT2D eigenvalue weighted by Gasteiger charge is 2.13. The fourth-order valence-electron chi connectivity index (χ4n) is 2.18. The van der Waals surface area contributed by atoms with E-state index in [2.05, 4.69) is 21.0 Å². The Kier molecular flexibility index (Phi) is 4.58. The predicted octanol–water partition coefficient (Wildman–Crippen LogP) is 4.05. The first-order valence-electron chi connectivity index (χ1n) is 7.15. The van der Waals surface area contributed by atoms with Gasteiger partial charge in [-0.15, -0.1) is 0 Å². The second-order valence-electron chi connectivity index (χ2n) is 5.09. The second-order valence-corrected chi connectivity index (χ2v) is 6.06. The van der Waals surface area contributed by atoms with Crippen molar-refractivity contribution in [1.82, 2.24) is 15.0 Å². The lowest BCUT2D eigenvalue weighted by atomic mass is 10.2. The summed E-state index contributed by atoms with van der Waals surface area (Å²) in [4.78, 5) is 12.9. The summed E-state index contributed by atoms with van der Waals surface area (Å²) >= 11 is 1.39. The van der Waals surface area contributed by atoms with E-state index in [0.29, 0.717) is 45.0 Å². The third-order valence-electron chi connectivity index (χ3n) is 3.26. The van der Waals surface area contributed by atoms with Gasteiger partial charge in [-0.2, -0.15) is 5.26 Å². The Balaban J connectivity index is 1.78. The molecule has 0 atom stereocenters. The fraction of sp³-hybridized carbons (Fsp3) is 0.176. The minimum absolute atomic E-state index is 0.341. The maximum Gasteiger partial charge on any atom is 0.226 e. The van der Waals surface area contributed by atoms with Gasteiger partial charge < -0.3 is 4.42 Å². The number of hydrogen-bond donors (Lipinski definition) is 0. The van der Waals surface area contributed by atoms with Crippen molar-refractivity contribution in [2.45, 2.75) is 24.6 Å². The summed E-state index contributed by atoms with van der Waals surface area (Å²) in [6.07, 6.45) is 1.53. The van der Waals surface area contributed by atoms with E-state index in [4.69, 9.17) is 4.42 Å². The average molecular weight is 340 g/mol. The molecular formula is C17H13FN4OS. The van der Waals surface area contributed by atoms with Gasteiger partial charge in [0, 0.05) is 11.3 Å². The Hall–Kier alpha value is -2.72. The van der Waals surface area contributed by atoms with Gasteiger partial charge in [0.2, 0.25) is 5.89 Å². The van der Waals surface area contributed by atoms with Crippen molar-refractivity contribution in [2.75, 3.05) is 0 Å². The van der Waals surface area contributed by atoms with E-state index in [1.807, 2.05) is 0 Å². The molecule has 0 spiro atoms. The first-order valence-corrected chi connectivity index (χ1v) is 8.14. The summed E-state index contributed by atoms with van der Waals surface area (Å²) in [6.45, 7) is 3.58. The molecule has 0 fully saturated rings. The number of nitriles is 1. The van der Waals surface area contributed by atoms with Gasteiger partial charge in [-0.25, -0.2) is 19.3 Å². The van der Waals surface area contributed by atoms with Crippen molar-refractivity contribution in [1.29, 1.82) is 5.26 Å². The molecule has 0 bridgehead atoms. The van der Waals surface area contributed by atoms with E-state index in [0.717, 1.165) is 0 Å². The first kappa shape index (κ1) is 16.1. The molecule has 0 aliphatic heterocycles. The Labute approximate surface area is 142 Å². The molecule has 0 saturated carbocycles. The van der Waals surface area contributed by atoms with Crippen molar-refractivity contribution in [3.05, 3.63) is 59.1 Å². The minimum atomic E-state index is -0.341. The first-order chi connectivity index (χ1) is 11.6. The number of halogens is 1. The second kappa shape index (κ2) is 6.81. The molecule has 2 heterocycles. The van der Waals surface area contributed by atoms with Crippen molar-refractivity contribution in [2.24, 2.45) is 0 Å². The van der Waals surface area contributed by atoms with Crippen LogP contribution in [0.4, 0.5) is 4.39 Å². The van der Waals surface area contributed by atoms with E-state index in [9.17, 15) is 9.65 Å². The van der Waals surface area contributed by atoms with Crippen LogP contribution in [0.3, 0.4) is 0 Å². The largest absolute Gasteiger partial charge is 0.444 e. The molecule has 0 aliphatic carbocycles. The SMILES string of the molecule is Cc1nc(C)c(C#N)c(SCc2coc(-c3cccc(F)c3)n2)n1. The van der Waals surface area contributed by atoms with Gasteiger partial charge in [-0.3, -0.25) is 0 Å². The quantitative estimate of drug-likeness (QED) is 0.527. The highest BCUT2D eigenvalue weighted by atomic mass is 32.2. The molecule has 3 rings (SSSR count). The van der Waals surface area contributed by atoms with Crippen LogP contribution in [0.2, 0.25) is 0 Å².